The van der Waals surface area contributed by atoms with Crippen LogP contribution in [-0.2, 0) is 4.74 Å². The molecule has 0 saturated carbocycles. The number of hydrogen-bond acceptors (Lipinski definition) is 4. The van der Waals surface area contributed by atoms with Crippen molar-refractivity contribution in [2.75, 3.05) is 6.61 Å². The summed E-state index contributed by atoms with van der Waals surface area (Å²) in [6.07, 6.45) is 0. The van der Waals surface area contributed by atoms with Crippen molar-refractivity contribution < 1.29 is 14.6 Å². The maximum absolute atomic E-state index is 11.2. The van der Waals surface area contributed by atoms with Gasteiger partial charge >= 0.3 is 5.97 Å². The summed E-state index contributed by atoms with van der Waals surface area (Å²) in [4.78, 5) is 24.2. The molecule has 1 aromatic heterocycles. The lowest BCUT2D eigenvalue weighted by Crippen LogP contribution is -2.12. The number of aromatic hydroxyl groups is 1. The third kappa shape index (κ3) is 2.05. The van der Waals surface area contributed by atoms with E-state index in [1.54, 1.807) is 6.92 Å². The number of nitrogens with one attached hydrogen (secondary N) is 1. The molecule has 0 atom stereocenters. The molecule has 1 rings (SSSR count). The van der Waals surface area contributed by atoms with Crippen LogP contribution in [0.4, 0.5) is 0 Å². The Kier molecular flexibility index (Phi) is 3.14. The summed E-state index contributed by atoms with van der Waals surface area (Å²) < 4.78 is 4.62. The molecule has 14 heavy (non-hydrogen) atoms. The molecule has 1 heterocycles. The predicted molar refractivity (Wildman–Crippen MR) is 49.7 cm³/mol. The van der Waals surface area contributed by atoms with Gasteiger partial charge in [0.25, 0.3) is 5.56 Å². The summed E-state index contributed by atoms with van der Waals surface area (Å²) >= 11 is 5.55. The first-order valence-electron chi connectivity index (χ1n) is 3.85. The SMILES string of the molecule is CCOC(=O)c1c(O)cc(=O)[nH]c1Cl. The summed E-state index contributed by atoms with van der Waals surface area (Å²) in [7, 11) is 0. The van der Waals surface area contributed by atoms with Gasteiger partial charge in [-0.05, 0) is 6.92 Å². The summed E-state index contributed by atoms with van der Waals surface area (Å²) in [6.45, 7) is 1.78. The molecule has 0 aliphatic rings. The number of rotatable bonds is 2. The number of halogens is 1. The van der Waals surface area contributed by atoms with E-state index in [2.05, 4.69) is 9.72 Å². The van der Waals surface area contributed by atoms with Crippen LogP contribution in [0.5, 0.6) is 5.75 Å². The Morgan fingerprint density at radius 3 is 2.86 bits per heavy atom. The first kappa shape index (κ1) is 10.6. The molecule has 0 saturated heterocycles. The molecule has 0 aliphatic heterocycles. The zero-order valence-electron chi connectivity index (χ0n) is 7.33. The second-order valence-corrected chi connectivity index (χ2v) is 2.81. The van der Waals surface area contributed by atoms with E-state index in [-0.39, 0.29) is 17.3 Å². The summed E-state index contributed by atoms with van der Waals surface area (Å²) in [5.41, 5.74) is -0.811. The van der Waals surface area contributed by atoms with E-state index in [1.807, 2.05) is 0 Å². The van der Waals surface area contributed by atoms with Gasteiger partial charge in [-0.1, -0.05) is 11.6 Å². The largest absolute Gasteiger partial charge is 0.507 e. The number of aromatic amines is 1. The first-order chi connectivity index (χ1) is 6.56. The molecule has 0 unspecified atom stereocenters. The van der Waals surface area contributed by atoms with E-state index in [0.29, 0.717) is 0 Å². The van der Waals surface area contributed by atoms with Gasteiger partial charge < -0.3 is 14.8 Å². The number of carbonyl (C=O) groups is 1. The minimum Gasteiger partial charge on any atom is -0.507 e. The fourth-order valence-electron chi connectivity index (χ4n) is 0.913. The molecule has 0 spiro atoms. The Morgan fingerprint density at radius 2 is 2.36 bits per heavy atom. The van der Waals surface area contributed by atoms with Crippen molar-refractivity contribution in [3.05, 3.63) is 27.1 Å². The Hall–Kier alpha value is -1.49. The molecule has 0 fully saturated rings. The molecule has 0 aliphatic carbocycles. The molecule has 2 N–H and O–H groups in total. The van der Waals surface area contributed by atoms with Crippen LogP contribution >= 0.6 is 11.6 Å². The number of esters is 1. The molecule has 5 nitrogen and oxygen atoms in total. The summed E-state index contributed by atoms with van der Waals surface area (Å²) in [6, 6.07) is 0.859. The molecule has 1 aromatic rings. The van der Waals surface area contributed by atoms with Crippen LogP contribution in [0, 0.1) is 0 Å². The maximum Gasteiger partial charge on any atom is 0.345 e. The predicted octanol–water partition coefficient (Wildman–Crippen LogP) is 0.911. The van der Waals surface area contributed by atoms with Crippen molar-refractivity contribution in [1.82, 2.24) is 4.98 Å². The number of ether oxygens (including phenoxy) is 1. The molecule has 76 valence electrons. The maximum atomic E-state index is 11.2. The van der Waals surface area contributed by atoms with E-state index < -0.39 is 17.3 Å². The van der Waals surface area contributed by atoms with Crippen LogP contribution in [0.1, 0.15) is 17.3 Å². The highest BCUT2D eigenvalue weighted by Gasteiger charge is 2.17. The van der Waals surface area contributed by atoms with Gasteiger partial charge in [0.2, 0.25) is 0 Å². The third-order valence-corrected chi connectivity index (χ3v) is 1.74. The van der Waals surface area contributed by atoms with Gasteiger partial charge in [-0.15, -0.1) is 0 Å². The monoisotopic (exact) mass is 217 g/mol. The second kappa shape index (κ2) is 4.15. The molecule has 0 bridgehead atoms. The zero-order chi connectivity index (χ0) is 10.7. The van der Waals surface area contributed by atoms with Crippen molar-refractivity contribution in [2.45, 2.75) is 6.92 Å². The lowest BCUT2D eigenvalue weighted by atomic mass is 10.2. The van der Waals surface area contributed by atoms with Crippen molar-refractivity contribution >= 4 is 17.6 Å². The lowest BCUT2D eigenvalue weighted by molar-refractivity contribution is 0.0523. The highest BCUT2D eigenvalue weighted by atomic mass is 35.5. The highest BCUT2D eigenvalue weighted by molar-refractivity contribution is 6.32. The molecule has 6 heteroatoms. The topological polar surface area (TPSA) is 79.4 Å². The Bertz CT molecular complexity index is 386. The number of carbonyl (C=O) groups excluding carboxylic acids is 1. The van der Waals surface area contributed by atoms with Gasteiger partial charge in [-0.3, -0.25) is 4.79 Å². The highest BCUT2D eigenvalue weighted by Crippen LogP contribution is 2.21. The average Bonchev–Trinajstić information content (AvgIpc) is 2.01. The van der Waals surface area contributed by atoms with Crippen molar-refractivity contribution in [3.63, 3.8) is 0 Å². The second-order valence-electron chi connectivity index (χ2n) is 2.43. The van der Waals surface area contributed by atoms with Crippen LogP contribution in [0.15, 0.2) is 10.9 Å². The quantitative estimate of drug-likeness (QED) is 0.570. The van der Waals surface area contributed by atoms with Crippen LogP contribution in [0.3, 0.4) is 0 Å². The molecular weight excluding hydrogens is 210 g/mol. The van der Waals surface area contributed by atoms with Crippen LogP contribution < -0.4 is 5.56 Å². The fourth-order valence-corrected chi connectivity index (χ4v) is 1.18. The number of pyridine rings is 1. The van der Waals surface area contributed by atoms with E-state index in [4.69, 9.17) is 11.6 Å². The van der Waals surface area contributed by atoms with Gasteiger partial charge in [0.05, 0.1) is 6.61 Å². The zero-order valence-corrected chi connectivity index (χ0v) is 8.09. The van der Waals surface area contributed by atoms with Gasteiger partial charge in [0.15, 0.2) is 0 Å². The normalized spacial score (nSPS) is 9.86. The Labute approximate surface area is 84.3 Å². The van der Waals surface area contributed by atoms with Gasteiger partial charge in [0, 0.05) is 6.07 Å². The van der Waals surface area contributed by atoms with E-state index >= 15 is 0 Å². The Morgan fingerprint density at radius 1 is 1.71 bits per heavy atom. The summed E-state index contributed by atoms with van der Waals surface area (Å²) in [5.74, 6) is -1.26. The average molecular weight is 218 g/mol. The molecule has 0 amide bonds. The van der Waals surface area contributed by atoms with Crippen molar-refractivity contribution in [3.8, 4) is 5.75 Å². The number of aromatic nitrogens is 1. The van der Waals surface area contributed by atoms with Crippen LogP contribution in [0.2, 0.25) is 5.15 Å². The van der Waals surface area contributed by atoms with Gasteiger partial charge in [-0.25, -0.2) is 4.79 Å². The fraction of sp³-hybridized carbons (Fsp3) is 0.250. The molecular formula is C8H8ClNO4. The third-order valence-electron chi connectivity index (χ3n) is 1.46. The van der Waals surface area contributed by atoms with Crippen molar-refractivity contribution in [1.29, 1.82) is 0 Å². The van der Waals surface area contributed by atoms with Crippen LogP contribution in [0.25, 0.3) is 0 Å². The van der Waals surface area contributed by atoms with E-state index in [1.165, 1.54) is 0 Å². The number of hydrogen-bond donors (Lipinski definition) is 2. The minimum absolute atomic E-state index is 0.160. The summed E-state index contributed by atoms with van der Waals surface area (Å²) in [5, 5.41) is 9.04. The van der Waals surface area contributed by atoms with E-state index in [0.717, 1.165) is 6.07 Å². The van der Waals surface area contributed by atoms with E-state index in [9.17, 15) is 14.7 Å². The van der Waals surface area contributed by atoms with Gasteiger partial charge in [-0.2, -0.15) is 0 Å². The smallest absolute Gasteiger partial charge is 0.345 e. The molecule has 0 radical (unpaired) electrons. The van der Waals surface area contributed by atoms with Crippen LogP contribution in [-0.4, -0.2) is 22.7 Å². The molecule has 0 aromatic carbocycles. The van der Waals surface area contributed by atoms with Crippen molar-refractivity contribution in [2.24, 2.45) is 0 Å². The Balaban J connectivity index is 3.21. The lowest BCUT2D eigenvalue weighted by Gasteiger charge is -2.04. The number of H-pyrrole nitrogens is 1. The standard InChI is InChI=1S/C8H8ClNO4/c1-2-14-8(13)6-4(11)3-5(12)10-7(6)9/h3H,2H2,1H3,(H2,10,11,12). The first-order valence-corrected chi connectivity index (χ1v) is 4.23. The minimum atomic E-state index is -0.772. The van der Waals surface area contributed by atoms with Gasteiger partial charge in [0.1, 0.15) is 16.5 Å².